The van der Waals surface area contributed by atoms with Crippen LogP contribution in [0.3, 0.4) is 0 Å². The van der Waals surface area contributed by atoms with E-state index < -0.39 is 0 Å². The lowest BCUT2D eigenvalue weighted by Crippen LogP contribution is -2.35. The summed E-state index contributed by atoms with van der Waals surface area (Å²) in [6, 6.07) is 12.6. The van der Waals surface area contributed by atoms with Gasteiger partial charge in [-0.15, -0.1) is 0 Å². The molecule has 1 saturated heterocycles. The molecule has 0 bridgehead atoms. The van der Waals surface area contributed by atoms with Gasteiger partial charge in [0.25, 0.3) is 5.56 Å². The van der Waals surface area contributed by atoms with Crippen LogP contribution in [0.5, 0.6) is 0 Å². The first kappa shape index (κ1) is 16.1. The summed E-state index contributed by atoms with van der Waals surface area (Å²) in [5.74, 6) is 0. The summed E-state index contributed by atoms with van der Waals surface area (Å²) in [4.78, 5) is 22.8. The molecule has 1 aromatic carbocycles. The summed E-state index contributed by atoms with van der Waals surface area (Å²) in [6.45, 7) is 2.81. The molecular formula is C20H24N4O. The summed E-state index contributed by atoms with van der Waals surface area (Å²) in [5.41, 5.74) is 2.59. The molecule has 3 aromatic rings. The van der Waals surface area contributed by atoms with Crippen LogP contribution in [-0.4, -0.2) is 32.5 Å². The van der Waals surface area contributed by atoms with Crippen molar-refractivity contribution in [2.75, 3.05) is 13.1 Å². The van der Waals surface area contributed by atoms with Gasteiger partial charge in [-0.25, -0.2) is 4.98 Å². The van der Waals surface area contributed by atoms with Gasteiger partial charge in [-0.3, -0.25) is 14.3 Å². The Bertz CT molecular complexity index is 875. The van der Waals surface area contributed by atoms with Gasteiger partial charge in [0.1, 0.15) is 5.52 Å². The van der Waals surface area contributed by atoms with E-state index in [1.54, 1.807) is 17.1 Å². The monoisotopic (exact) mass is 336 g/mol. The summed E-state index contributed by atoms with van der Waals surface area (Å²) in [6.07, 6.45) is 8.51. The van der Waals surface area contributed by atoms with Crippen LogP contribution in [0.25, 0.3) is 11.0 Å². The lowest BCUT2D eigenvalue weighted by Gasteiger charge is -2.31. The van der Waals surface area contributed by atoms with Gasteiger partial charge in [-0.05, 0) is 37.6 Å². The average molecular weight is 336 g/mol. The normalized spacial score (nSPS) is 17.4. The highest BCUT2D eigenvalue weighted by molar-refractivity contribution is 5.73. The standard InChI is InChI=1S/C20H24N4O/c25-20-19-17(10-11-21-19)22-15-24(20)14-18(16-8-4-3-5-9-16)23-12-6-1-2-7-13-23/h3-5,8-11,15,18,21H,1-2,6-7,12-14H2. The highest BCUT2D eigenvalue weighted by Gasteiger charge is 2.22. The molecule has 1 aliphatic rings. The number of fused-ring (bicyclic) bond motifs is 1. The minimum Gasteiger partial charge on any atom is -0.355 e. The lowest BCUT2D eigenvalue weighted by atomic mass is 10.0. The Morgan fingerprint density at radius 3 is 2.56 bits per heavy atom. The highest BCUT2D eigenvalue weighted by Crippen LogP contribution is 2.25. The summed E-state index contributed by atoms with van der Waals surface area (Å²) in [7, 11) is 0. The van der Waals surface area contributed by atoms with E-state index in [0.717, 1.165) is 18.6 Å². The predicted molar refractivity (Wildman–Crippen MR) is 99.6 cm³/mol. The van der Waals surface area contributed by atoms with Crippen LogP contribution in [0, 0.1) is 0 Å². The number of hydrogen-bond donors (Lipinski definition) is 1. The number of likely N-dealkylation sites (tertiary alicyclic amines) is 1. The maximum absolute atomic E-state index is 12.8. The molecule has 1 aliphatic heterocycles. The molecule has 2 aromatic heterocycles. The minimum atomic E-state index is 0.00533. The first-order valence-electron chi connectivity index (χ1n) is 9.14. The van der Waals surface area contributed by atoms with E-state index in [4.69, 9.17) is 0 Å². The number of benzene rings is 1. The van der Waals surface area contributed by atoms with Gasteiger partial charge in [0.2, 0.25) is 0 Å². The number of nitrogens with zero attached hydrogens (tertiary/aromatic N) is 3. The molecule has 0 aliphatic carbocycles. The van der Waals surface area contributed by atoms with Crippen molar-refractivity contribution in [2.45, 2.75) is 38.3 Å². The van der Waals surface area contributed by atoms with E-state index in [1.807, 2.05) is 12.1 Å². The Labute approximate surface area is 147 Å². The van der Waals surface area contributed by atoms with Gasteiger partial charge in [0.05, 0.1) is 17.9 Å². The fraction of sp³-hybridized carbons (Fsp3) is 0.400. The summed E-state index contributed by atoms with van der Waals surface area (Å²) < 4.78 is 1.75. The zero-order valence-electron chi connectivity index (χ0n) is 14.4. The summed E-state index contributed by atoms with van der Waals surface area (Å²) in [5, 5.41) is 0. The van der Waals surface area contributed by atoms with Gasteiger partial charge in [-0.2, -0.15) is 0 Å². The van der Waals surface area contributed by atoms with Crippen LogP contribution in [0.1, 0.15) is 37.3 Å². The highest BCUT2D eigenvalue weighted by atomic mass is 16.1. The third-order valence-electron chi connectivity index (χ3n) is 5.17. The van der Waals surface area contributed by atoms with E-state index in [1.165, 1.54) is 31.2 Å². The minimum absolute atomic E-state index is 0.00533. The number of rotatable bonds is 4. The Morgan fingerprint density at radius 2 is 1.80 bits per heavy atom. The van der Waals surface area contributed by atoms with Crippen LogP contribution in [-0.2, 0) is 6.54 Å². The Morgan fingerprint density at radius 1 is 1.04 bits per heavy atom. The van der Waals surface area contributed by atoms with Crippen molar-refractivity contribution in [3.05, 3.63) is 64.8 Å². The maximum atomic E-state index is 12.8. The molecule has 5 nitrogen and oxygen atoms in total. The number of hydrogen-bond acceptors (Lipinski definition) is 3. The molecule has 0 radical (unpaired) electrons. The fourth-order valence-corrected chi connectivity index (χ4v) is 3.80. The molecule has 1 N–H and O–H groups in total. The van der Waals surface area contributed by atoms with Crippen molar-refractivity contribution in [1.82, 2.24) is 19.4 Å². The Hall–Kier alpha value is -2.40. The third-order valence-corrected chi connectivity index (χ3v) is 5.17. The molecule has 0 spiro atoms. The summed E-state index contributed by atoms with van der Waals surface area (Å²) >= 11 is 0. The number of H-pyrrole nitrogens is 1. The predicted octanol–water partition coefficient (Wildman–Crippen LogP) is 3.34. The lowest BCUT2D eigenvalue weighted by molar-refractivity contribution is 0.184. The van der Waals surface area contributed by atoms with E-state index >= 15 is 0 Å². The molecule has 1 atom stereocenters. The molecule has 0 amide bonds. The molecule has 25 heavy (non-hydrogen) atoms. The van der Waals surface area contributed by atoms with Crippen LogP contribution >= 0.6 is 0 Å². The van der Waals surface area contributed by atoms with Gasteiger partial charge in [0, 0.05) is 12.7 Å². The van der Waals surface area contributed by atoms with Crippen LogP contribution in [0.4, 0.5) is 0 Å². The molecule has 4 rings (SSSR count). The van der Waals surface area contributed by atoms with Crippen molar-refractivity contribution in [1.29, 1.82) is 0 Å². The number of aromatic nitrogens is 3. The Kier molecular flexibility index (Phi) is 4.65. The second-order valence-electron chi connectivity index (χ2n) is 6.82. The van der Waals surface area contributed by atoms with E-state index in [-0.39, 0.29) is 11.6 Å². The molecule has 0 saturated carbocycles. The zero-order chi connectivity index (χ0) is 17.1. The van der Waals surface area contributed by atoms with Crippen molar-refractivity contribution >= 4 is 11.0 Å². The topological polar surface area (TPSA) is 53.9 Å². The van der Waals surface area contributed by atoms with Gasteiger partial charge in [-0.1, -0.05) is 43.2 Å². The van der Waals surface area contributed by atoms with Crippen LogP contribution in [0.15, 0.2) is 53.7 Å². The van der Waals surface area contributed by atoms with E-state index in [0.29, 0.717) is 12.1 Å². The van der Waals surface area contributed by atoms with E-state index in [2.05, 4.69) is 39.1 Å². The van der Waals surface area contributed by atoms with Crippen LogP contribution in [0.2, 0.25) is 0 Å². The van der Waals surface area contributed by atoms with Crippen molar-refractivity contribution in [2.24, 2.45) is 0 Å². The first-order valence-corrected chi connectivity index (χ1v) is 9.14. The Balaban J connectivity index is 1.69. The second-order valence-corrected chi connectivity index (χ2v) is 6.82. The number of nitrogens with one attached hydrogen (secondary N) is 1. The SMILES string of the molecule is O=c1c2[nH]ccc2ncn1CC(c1ccccc1)N1CCCCCC1. The van der Waals surface area contributed by atoms with Crippen molar-refractivity contribution in [3.8, 4) is 0 Å². The maximum Gasteiger partial charge on any atom is 0.277 e. The zero-order valence-corrected chi connectivity index (χ0v) is 14.4. The smallest absolute Gasteiger partial charge is 0.277 e. The fourth-order valence-electron chi connectivity index (χ4n) is 3.80. The molecule has 3 heterocycles. The van der Waals surface area contributed by atoms with Gasteiger partial charge in [0.15, 0.2) is 0 Å². The van der Waals surface area contributed by atoms with Crippen molar-refractivity contribution < 1.29 is 0 Å². The van der Waals surface area contributed by atoms with Crippen molar-refractivity contribution in [3.63, 3.8) is 0 Å². The van der Waals surface area contributed by atoms with Gasteiger partial charge < -0.3 is 4.98 Å². The first-order chi connectivity index (χ1) is 12.3. The second kappa shape index (κ2) is 7.23. The molecule has 1 unspecified atom stereocenters. The molecular weight excluding hydrogens is 312 g/mol. The number of aromatic amines is 1. The average Bonchev–Trinajstić information content (AvgIpc) is 2.97. The molecule has 1 fully saturated rings. The van der Waals surface area contributed by atoms with Crippen LogP contribution < -0.4 is 5.56 Å². The molecule has 5 heteroatoms. The molecule has 130 valence electrons. The third kappa shape index (κ3) is 3.37. The van der Waals surface area contributed by atoms with Gasteiger partial charge >= 0.3 is 0 Å². The van der Waals surface area contributed by atoms with E-state index in [9.17, 15) is 4.79 Å². The largest absolute Gasteiger partial charge is 0.355 e. The quantitative estimate of drug-likeness (QED) is 0.795.